The van der Waals surface area contributed by atoms with Crippen LogP contribution in [0.2, 0.25) is 5.02 Å². The highest BCUT2D eigenvalue weighted by atomic mass is 35.5. The average Bonchev–Trinajstić information content (AvgIpc) is 2.24. The molecule has 1 unspecified atom stereocenters. The maximum atomic E-state index is 12.8. The molecule has 0 bridgehead atoms. The number of nitriles is 1. The molecule has 15 heavy (non-hydrogen) atoms. The molecule has 0 spiro atoms. The summed E-state index contributed by atoms with van der Waals surface area (Å²) in [5, 5.41) is 11.9. The molecule has 0 fully saturated rings. The molecule has 0 saturated carbocycles. The van der Waals surface area contributed by atoms with E-state index in [9.17, 15) is 4.39 Å². The molecule has 0 aliphatic heterocycles. The highest BCUT2D eigenvalue weighted by molar-refractivity contribution is 6.30. The monoisotopic (exact) mass is 226 g/mol. The van der Waals surface area contributed by atoms with E-state index in [-0.39, 0.29) is 11.1 Å². The lowest BCUT2D eigenvalue weighted by molar-refractivity contribution is 0.585. The molecule has 0 saturated heterocycles. The van der Waals surface area contributed by atoms with Gasteiger partial charge in [0.1, 0.15) is 5.82 Å². The molecule has 0 aromatic heterocycles. The molecular weight excluding hydrogens is 215 g/mol. The molecule has 1 aromatic carbocycles. The Kier molecular flexibility index (Phi) is 4.54. The van der Waals surface area contributed by atoms with Gasteiger partial charge in [-0.15, -0.1) is 0 Å². The topological polar surface area (TPSA) is 35.8 Å². The van der Waals surface area contributed by atoms with Crippen molar-refractivity contribution >= 4 is 11.6 Å². The van der Waals surface area contributed by atoms with Crippen LogP contribution in [-0.4, -0.2) is 6.04 Å². The fourth-order valence-electron chi connectivity index (χ4n) is 1.17. The Bertz CT molecular complexity index is 373. The van der Waals surface area contributed by atoms with E-state index in [1.54, 1.807) is 12.1 Å². The Morgan fingerprint density at radius 3 is 2.87 bits per heavy atom. The van der Waals surface area contributed by atoms with E-state index in [4.69, 9.17) is 16.9 Å². The molecule has 1 aromatic rings. The third-order valence-electron chi connectivity index (χ3n) is 2.10. The zero-order valence-corrected chi connectivity index (χ0v) is 9.18. The van der Waals surface area contributed by atoms with E-state index in [0.29, 0.717) is 6.54 Å². The summed E-state index contributed by atoms with van der Waals surface area (Å²) < 4.78 is 12.8. The Labute approximate surface area is 93.7 Å². The summed E-state index contributed by atoms with van der Waals surface area (Å²) in [6, 6.07) is 6.50. The Balaban J connectivity index is 2.59. The molecule has 0 aliphatic carbocycles. The molecule has 0 aliphatic rings. The van der Waals surface area contributed by atoms with Crippen molar-refractivity contribution in [1.29, 1.82) is 5.26 Å². The molecule has 4 heteroatoms. The fourth-order valence-corrected chi connectivity index (χ4v) is 1.38. The normalized spacial score (nSPS) is 12.1. The maximum absolute atomic E-state index is 12.8. The third kappa shape index (κ3) is 3.50. The van der Waals surface area contributed by atoms with Crippen molar-refractivity contribution in [2.45, 2.75) is 25.9 Å². The third-order valence-corrected chi connectivity index (χ3v) is 2.39. The summed E-state index contributed by atoms with van der Waals surface area (Å²) in [6.45, 7) is 2.45. The molecule has 80 valence electrons. The minimum Gasteiger partial charge on any atom is -0.298 e. The van der Waals surface area contributed by atoms with Crippen LogP contribution in [0.5, 0.6) is 0 Å². The molecule has 0 radical (unpaired) electrons. The second-order valence-corrected chi connectivity index (χ2v) is 3.63. The average molecular weight is 227 g/mol. The lowest BCUT2D eigenvalue weighted by Gasteiger charge is -2.09. The van der Waals surface area contributed by atoms with Crippen LogP contribution in [-0.2, 0) is 6.54 Å². The second kappa shape index (κ2) is 5.69. The molecule has 2 nitrogen and oxygen atoms in total. The van der Waals surface area contributed by atoms with Crippen molar-refractivity contribution in [2.24, 2.45) is 0 Å². The summed E-state index contributed by atoms with van der Waals surface area (Å²) in [6.07, 6.45) is 0.741. The summed E-state index contributed by atoms with van der Waals surface area (Å²) in [7, 11) is 0. The Morgan fingerprint density at radius 1 is 1.60 bits per heavy atom. The zero-order valence-electron chi connectivity index (χ0n) is 8.43. The number of benzene rings is 1. The molecule has 0 heterocycles. The van der Waals surface area contributed by atoms with E-state index in [2.05, 4.69) is 11.4 Å². The quantitative estimate of drug-likeness (QED) is 0.857. The minimum absolute atomic E-state index is 0.110. The summed E-state index contributed by atoms with van der Waals surface area (Å²) in [5.41, 5.74) is 0.870. The van der Waals surface area contributed by atoms with Crippen molar-refractivity contribution in [3.8, 4) is 6.07 Å². The van der Waals surface area contributed by atoms with E-state index in [0.717, 1.165) is 12.0 Å². The predicted octanol–water partition coefficient (Wildman–Crippen LogP) is 2.87. The fraction of sp³-hybridized carbons (Fsp3) is 0.364. The number of halogens is 2. The van der Waals surface area contributed by atoms with Gasteiger partial charge in [0.2, 0.25) is 0 Å². The van der Waals surface area contributed by atoms with Crippen LogP contribution in [0, 0.1) is 17.1 Å². The number of nitrogens with zero attached hydrogens (tertiary/aromatic N) is 1. The van der Waals surface area contributed by atoms with Gasteiger partial charge in [-0.3, -0.25) is 5.32 Å². The van der Waals surface area contributed by atoms with Gasteiger partial charge in [0.15, 0.2) is 0 Å². The summed E-state index contributed by atoms with van der Waals surface area (Å²) in [5.74, 6) is -0.423. The molecule has 0 amide bonds. The smallest absolute Gasteiger partial charge is 0.141 e. The molecule has 1 atom stereocenters. The van der Waals surface area contributed by atoms with Crippen LogP contribution in [0.3, 0.4) is 0 Å². The Morgan fingerprint density at radius 2 is 2.33 bits per heavy atom. The van der Waals surface area contributed by atoms with Crippen molar-refractivity contribution in [3.63, 3.8) is 0 Å². The van der Waals surface area contributed by atoms with Gasteiger partial charge >= 0.3 is 0 Å². The van der Waals surface area contributed by atoms with Crippen LogP contribution in [0.1, 0.15) is 18.9 Å². The van der Waals surface area contributed by atoms with E-state index >= 15 is 0 Å². The van der Waals surface area contributed by atoms with Crippen molar-refractivity contribution < 1.29 is 4.39 Å². The zero-order chi connectivity index (χ0) is 11.3. The lowest BCUT2D eigenvalue weighted by atomic mass is 10.2. The number of rotatable bonds is 4. The van der Waals surface area contributed by atoms with E-state index in [1.165, 1.54) is 6.07 Å². The van der Waals surface area contributed by atoms with Crippen LogP contribution >= 0.6 is 11.6 Å². The lowest BCUT2D eigenvalue weighted by Crippen LogP contribution is -2.26. The number of nitrogens with one attached hydrogen (secondary N) is 1. The number of hydrogen-bond acceptors (Lipinski definition) is 2. The highest BCUT2D eigenvalue weighted by Gasteiger charge is 2.04. The van der Waals surface area contributed by atoms with Crippen molar-refractivity contribution in [1.82, 2.24) is 5.32 Å². The largest absolute Gasteiger partial charge is 0.298 e. The minimum atomic E-state index is -0.423. The van der Waals surface area contributed by atoms with Crippen LogP contribution in [0.15, 0.2) is 18.2 Å². The Hall–Kier alpha value is -1.11. The van der Waals surface area contributed by atoms with Gasteiger partial charge < -0.3 is 0 Å². The molecule has 1 N–H and O–H groups in total. The second-order valence-electron chi connectivity index (χ2n) is 3.22. The van der Waals surface area contributed by atoms with Gasteiger partial charge in [0.25, 0.3) is 0 Å². The van der Waals surface area contributed by atoms with Gasteiger partial charge in [-0.1, -0.05) is 24.6 Å². The van der Waals surface area contributed by atoms with E-state index in [1.807, 2.05) is 6.92 Å². The van der Waals surface area contributed by atoms with Gasteiger partial charge in [0, 0.05) is 6.54 Å². The van der Waals surface area contributed by atoms with Crippen LogP contribution < -0.4 is 5.32 Å². The van der Waals surface area contributed by atoms with Crippen molar-refractivity contribution in [3.05, 3.63) is 34.6 Å². The summed E-state index contributed by atoms with van der Waals surface area (Å²) >= 11 is 5.63. The summed E-state index contributed by atoms with van der Waals surface area (Å²) in [4.78, 5) is 0. The van der Waals surface area contributed by atoms with Crippen LogP contribution in [0.25, 0.3) is 0 Å². The highest BCUT2D eigenvalue weighted by Crippen LogP contribution is 2.15. The molecular formula is C11H12ClFN2. The van der Waals surface area contributed by atoms with Gasteiger partial charge in [-0.05, 0) is 24.1 Å². The standard InChI is InChI=1S/C11H12ClFN2/c1-2-9(6-14)15-7-8-3-4-11(13)10(12)5-8/h3-5,9,15H,2,7H2,1H3. The first-order valence-electron chi connectivity index (χ1n) is 4.74. The van der Waals surface area contributed by atoms with E-state index < -0.39 is 5.82 Å². The van der Waals surface area contributed by atoms with Gasteiger partial charge in [0.05, 0.1) is 17.1 Å². The van der Waals surface area contributed by atoms with Crippen molar-refractivity contribution in [2.75, 3.05) is 0 Å². The molecule has 1 rings (SSSR count). The number of hydrogen-bond donors (Lipinski definition) is 1. The predicted molar refractivity (Wildman–Crippen MR) is 57.9 cm³/mol. The van der Waals surface area contributed by atoms with Gasteiger partial charge in [-0.2, -0.15) is 5.26 Å². The van der Waals surface area contributed by atoms with Crippen LogP contribution in [0.4, 0.5) is 4.39 Å². The first kappa shape index (κ1) is 12.0. The van der Waals surface area contributed by atoms with Gasteiger partial charge in [-0.25, -0.2) is 4.39 Å². The SMILES string of the molecule is CCC(C#N)NCc1ccc(F)c(Cl)c1. The maximum Gasteiger partial charge on any atom is 0.141 e. The first-order valence-corrected chi connectivity index (χ1v) is 5.12. The first-order chi connectivity index (χ1) is 7.17.